The van der Waals surface area contributed by atoms with Gasteiger partial charge < -0.3 is 10.8 Å². The fraction of sp³-hybridized carbons (Fsp3) is 0.500. The average Bonchev–Trinajstić information content (AvgIpc) is 2.65. The fourth-order valence-electron chi connectivity index (χ4n) is 2.65. The average molecular weight is 248 g/mol. The van der Waals surface area contributed by atoms with Gasteiger partial charge in [-0.15, -0.1) is 0 Å². The molecule has 0 unspecified atom stereocenters. The zero-order valence-corrected chi connectivity index (χ0v) is 10.9. The molecule has 0 bridgehead atoms. The molecule has 2 rings (SSSR count). The minimum Gasteiger partial charge on any atom is -0.392 e. The number of nitrogens with zero attached hydrogens (tertiary/aromatic N) is 1. The predicted octanol–water partition coefficient (Wildman–Crippen LogP) is 0.724. The second kappa shape index (κ2) is 5.08. The highest BCUT2D eigenvalue weighted by atomic mass is 16.3. The lowest BCUT2D eigenvalue weighted by Crippen LogP contribution is -2.40. The van der Waals surface area contributed by atoms with E-state index in [1.165, 1.54) is 16.7 Å². The van der Waals surface area contributed by atoms with E-state index < -0.39 is 6.10 Å². The molecule has 18 heavy (non-hydrogen) atoms. The van der Waals surface area contributed by atoms with E-state index in [0.717, 1.165) is 0 Å². The van der Waals surface area contributed by atoms with Gasteiger partial charge >= 0.3 is 0 Å². The third-order valence-electron chi connectivity index (χ3n) is 3.72. The van der Waals surface area contributed by atoms with Crippen molar-refractivity contribution in [1.82, 2.24) is 4.90 Å². The van der Waals surface area contributed by atoms with Crippen molar-refractivity contribution in [3.8, 4) is 0 Å². The fourth-order valence-corrected chi connectivity index (χ4v) is 2.65. The normalized spacial score (nSPS) is 24.4. The monoisotopic (exact) mass is 248 g/mol. The van der Waals surface area contributed by atoms with Crippen LogP contribution in [0.4, 0.5) is 0 Å². The van der Waals surface area contributed by atoms with Crippen molar-refractivity contribution in [2.75, 3.05) is 6.54 Å². The summed E-state index contributed by atoms with van der Waals surface area (Å²) >= 11 is 0. The van der Waals surface area contributed by atoms with E-state index >= 15 is 0 Å². The second-order valence-electron chi connectivity index (χ2n) is 5.11. The molecule has 2 atom stereocenters. The molecule has 0 aromatic heterocycles. The first kappa shape index (κ1) is 13.1. The third kappa shape index (κ3) is 2.54. The van der Waals surface area contributed by atoms with Crippen molar-refractivity contribution in [2.45, 2.75) is 39.0 Å². The molecule has 1 aromatic rings. The highest BCUT2D eigenvalue weighted by molar-refractivity contribution is 5.80. The van der Waals surface area contributed by atoms with Crippen LogP contribution in [0.15, 0.2) is 18.2 Å². The minimum absolute atomic E-state index is 0.348. The number of aryl methyl sites for hydroxylation is 2. The van der Waals surface area contributed by atoms with Gasteiger partial charge in [-0.05, 0) is 37.0 Å². The lowest BCUT2D eigenvalue weighted by Gasteiger charge is -2.23. The smallest absolute Gasteiger partial charge is 0.234 e. The zero-order valence-electron chi connectivity index (χ0n) is 10.9. The SMILES string of the molecule is Cc1cccc(C)c1CN1C[C@@H](O)C[C@H]1C(N)=O. The summed E-state index contributed by atoms with van der Waals surface area (Å²) in [5.41, 5.74) is 9.02. The molecule has 3 N–H and O–H groups in total. The van der Waals surface area contributed by atoms with Crippen LogP contribution in [0.2, 0.25) is 0 Å². The Kier molecular flexibility index (Phi) is 3.68. The van der Waals surface area contributed by atoms with Gasteiger partial charge in [0.1, 0.15) is 0 Å². The van der Waals surface area contributed by atoms with Gasteiger partial charge in [0.25, 0.3) is 0 Å². The Hall–Kier alpha value is -1.39. The zero-order chi connectivity index (χ0) is 13.3. The number of hydrogen-bond donors (Lipinski definition) is 2. The Morgan fingerprint density at radius 1 is 1.44 bits per heavy atom. The molecule has 0 aliphatic carbocycles. The molecule has 1 fully saturated rings. The van der Waals surface area contributed by atoms with E-state index in [2.05, 4.69) is 26.0 Å². The van der Waals surface area contributed by atoms with Crippen LogP contribution in [-0.2, 0) is 11.3 Å². The van der Waals surface area contributed by atoms with Crippen LogP contribution < -0.4 is 5.73 Å². The molecule has 1 aromatic carbocycles. The first-order valence-corrected chi connectivity index (χ1v) is 6.25. The van der Waals surface area contributed by atoms with Gasteiger partial charge in [0, 0.05) is 13.1 Å². The van der Waals surface area contributed by atoms with Crippen LogP contribution in [0.1, 0.15) is 23.1 Å². The maximum Gasteiger partial charge on any atom is 0.234 e. The summed E-state index contributed by atoms with van der Waals surface area (Å²) in [5.74, 6) is -0.349. The van der Waals surface area contributed by atoms with E-state index in [9.17, 15) is 9.90 Å². The van der Waals surface area contributed by atoms with Crippen molar-refractivity contribution in [3.05, 3.63) is 34.9 Å². The summed E-state index contributed by atoms with van der Waals surface area (Å²) in [7, 11) is 0. The summed E-state index contributed by atoms with van der Waals surface area (Å²) < 4.78 is 0. The summed E-state index contributed by atoms with van der Waals surface area (Å²) in [6.07, 6.45) is -0.00731. The molecule has 0 radical (unpaired) electrons. The Morgan fingerprint density at radius 3 is 2.61 bits per heavy atom. The van der Waals surface area contributed by atoms with Crippen molar-refractivity contribution in [2.24, 2.45) is 5.73 Å². The van der Waals surface area contributed by atoms with Gasteiger partial charge in [-0.3, -0.25) is 9.69 Å². The van der Waals surface area contributed by atoms with E-state index in [1.807, 2.05) is 11.0 Å². The number of amides is 1. The van der Waals surface area contributed by atoms with Gasteiger partial charge in [-0.25, -0.2) is 0 Å². The number of rotatable bonds is 3. The summed E-state index contributed by atoms with van der Waals surface area (Å²) in [5, 5.41) is 9.69. The van der Waals surface area contributed by atoms with Crippen molar-refractivity contribution < 1.29 is 9.90 Å². The van der Waals surface area contributed by atoms with Gasteiger partial charge in [0.15, 0.2) is 0 Å². The molecule has 1 aliphatic rings. The number of aliphatic hydroxyl groups excluding tert-OH is 1. The van der Waals surface area contributed by atoms with E-state index in [-0.39, 0.29) is 11.9 Å². The van der Waals surface area contributed by atoms with Crippen LogP contribution in [0.5, 0.6) is 0 Å². The highest BCUT2D eigenvalue weighted by Crippen LogP contribution is 2.23. The van der Waals surface area contributed by atoms with Crippen LogP contribution >= 0.6 is 0 Å². The van der Waals surface area contributed by atoms with Crippen molar-refractivity contribution >= 4 is 5.91 Å². The van der Waals surface area contributed by atoms with E-state index in [0.29, 0.717) is 19.5 Å². The summed E-state index contributed by atoms with van der Waals surface area (Å²) in [6.45, 7) is 5.31. The molecule has 1 saturated heterocycles. The van der Waals surface area contributed by atoms with Crippen molar-refractivity contribution in [3.63, 3.8) is 0 Å². The van der Waals surface area contributed by atoms with E-state index in [1.54, 1.807) is 0 Å². The summed E-state index contributed by atoms with van der Waals surface area (Å²) in [6, 6.07) is 5.81. The molecule has 4 nitrogen and oxygen atoms in total. The highest BCUT2D eigenvalue weighted by Gasteiger charge is 2.34. The number of carbonyl (C=O) groups excluding carboxylic acids is 1. The number of primary amides is 1. The number of aliphatic hydroxyl groups is 1. The number of β-amino-alcohol motifs (C(OH)–C–C–N with tert-alkyl or cyclic N) is 1. The molecular weight excluding hydrogens is 228 g/mol. The number of hydrogen-bond acceptors (Lipinski definition) is 3. The molecule has 98 valence electrons. The number of likely N-dealkylation sites (tertiary alicyclic amines) is 1. The van der Waals surface area contributed by atoms with Gasteiger partial charge in [-0.1, -0.05) is 18.2 Å². The lowest BCUT2D eigenvalue weighted by atomic mass is 10.0. The van der Waals surface area contributed by atoms with Crippen molar-refractivity contribution in [1.29, 1.82) is 0 Å². The Bertz CT molecular complexity index is 439. The topological polar surface area (TPSA) is 66.6 Å². The quantitative estimate of drug-likeness (QED) is 0.828. The van der Waals surface area contributed by atoms with Gasteiger partial charge in [0.05, 0.1) is 12.1 Å². The van der Waals surface area contributed by atoms with Crippen LogP contribution in [0.3, 0.4) is 0 Å². The standard InChI is InChI=1S/C14H20N2O2/c1-9-4-3-5-10(2)12(9)8-16-7-11(17)6-13(16)14(15)18/h3-5,11,13,17H,6-8H2,1-2H3,(H2,15,18)/t11-,13-/m0/s1. The minimum atomic E-state index is -0.452. The molecule has 4 heteroatoms. The third-order valence-corrected chi connectivity index (χ3v) is 3.72. The second-order valence-corrected chi connectivity index (χ2v) is 5.11. The molecule has 1 amide bonds. The Morgan fingerprint density at radius 2 is 2.06 bits per heavy atom. The first-order chi connectivity index (χ1) is 8.49. The predicted molar refractivity (Wildman–Crippen MR) is 69.9 cm³/mol. The van der Waals surface area contributed by atoms with Crippen LogP contribution in [-0.4, -0.2) is 34.6 Å². The number of benzene rings is 1. The molecule has 0 saturated carbocycles. The molecule has 1 aliphatic heterocycles. The maximum absolute atomic E-state index is 11.4. The number of carbonyl (C=O) groups is 1. The Labute approximate surface area is 107 Å². The first-order valence-electron chi connectivity index (χ1n) is 6.25. The van der Waals surface area contributed by atoms with Gasteiger partial charge in [-0.2, -0.15) is 0 Å². The van der Waals surface area contributed by atoms with Crippen LogP contribution in [0.25, 0.3) is 0 Å². The largest absolute Gasteiger partial charge is 0.392 e. The molecule has 1 heterocycles. The lowest BCUT2D eigenvalue weighted by molar-refractivity contribution is -0.122. The maximum atomic E-state index is 11.4. The van der Waals surface area contributed by atoms with Gasteiger partial charge in [0.2, 0.25) is 5.91 Å². The van der Waals surface area contributed by atoms with Crippen LogP contribution in [0, 0.1) is 13.8 Å². The molecule has 0 spiro atoms. The Balaban J connectivity index is 2.20. The molecular formula is C14H20N2O2. The number of nitrogens with two attached hydrogens (primary N) is 1. The van der Waals surface area contributed by atoms with E-state index in [4.69, 9.17) is 5.73 Å². The summed E-state index contributed by atoms with van der Waals surface area (Å²) in [4.78, 5) is 13.4.